The van der Waals surface area contributed by atoms with Gasteiger partial charge in [0.2, 0.25) is 0 Å². The topological polar surface area (TPSA) is 96.9 Å². The number of aromatic hydroxyl groups is 1. The molecule has 1 aliphatic heterocycles. The van der Waals surface area contributed by atoms with Gasteiger partial charge in [-0.25, -0.2) is 0 Å². The number of amides is 1. The number of phenols is 1. The van der Waals surface area contributed by atoms with E-state index < -0.39 is 6.04 Å². The summed E-state index contributed by atoms with van der Waals surface area (Å²) < 4.78 is 17.0. The van der Waals surface area contributed by atoms with Crippen molar-refractivity contribution >= 4 is 17.5 Å². The van der Waals surface area contributed by atoms with Crippen LogP contribution >= 0.6 is 11.6 Å². The van der Waals surface area contributed by atoms with Crippen LogP contribution in [0.2, 0.25) is 5.02 Å². The molecule has 9 heteroatoms. The zero-order valence-corrected chi connectivity index (χ0v) is 22.3. The minimum atomic E-state index is -0.475. The highest BCUT2D eigenvalue weighted by atomic mass is 35.5. The summed E-state index contributed by atoms with van der Waals surface area (Å²) in [4.78, 5) is 15.4. The fourth-order valence-electron chi connectivity index (χ4n) is 4.51. The number of carbonyl (C=O) groups is 1. The maximum Gasteiger partial charge on any atom is 0.273 e. The number of methoxy groups -OCH3 is 1. The van der Waals surface area contributed by atoms with Gasteiger partial charge in [0.25, 0.3) is 5.91 Å². The summed E-state index contributed by atoms with van der Waals surface area (Å²) >= 11 is 6.40. The van der Waals surface area contributed by atoms with Crippen molar-refractivity contribution in [1.29, 1.82) is 0 Å². The zero-order chi connectivity index (χ0) is 26.7. The second kappa shape index (κ2) is 11.3. The number of phenolic OH excluding ortho intramolecular Hbond substituents is 1. The molecule has 1 unspecified atom stereocenters. The van der Waals surface area contributed by atoms with E-state index in [0.717, 1.165) is 11.1 Å². The largest absolute Gasteiger partial charge is 0.507 e. The van der Waals surface area contributed by atoms with Crippen LogP contribution in [0.4, 0.5) is 0 Å². The lowest BCUT2D eigenvalue weighted by Gasteiger charge is -2.27. The Bertz CT molecular complexity index is 1300. The van der Waals surface area contributed by atoms with Crippen molar-refractivity contribution in [2.24, 2.45) is 0 Å². The van der Waals surface area contributed by atoms with E-state index in [0.29, 0.717) is 65.2 Å². The summed E-state index contributed by atoms with van der Waals surface area (Å²) in [5.41, 5.74) is 3.54. The first-order valence-electron chi connectivity index (χ1n) is 12.2. The molecule has 0 spiro atoms. The molecule has 3 aromatic rings. The molecule has 1 aliphatic rings. The zero-order valence-electron chi connectivity index (χ0n) is 21.5. The molecular weight excluding hydrogens is 494 g/mol. The van der Waals surface area contributed by atoms with Gasteiger partial charge in [0.05, 0.1) is 19.3 Å². The van der Waals surface area contributed by atoms with E-state index in [1.165, 1.54) is 0 Å². The van der Waals surface area contributed by atoms with E-state index in [9.17, 15) is 9.90 Å². The summed E-state index contributed by atoms with van der Waals surface area (Å²) in [5, 5.41) is 18.6. The quantitative estimate of drug-likeness (QED) is 0.247. The average Bonchev–Trinajstić information content (AvgIpc) is 3.41. The minimum Gasteiger partial charge on any atom is -0.507 e. The van der Waals surface area contributed by atoms with Gasteiger partial charge in [0, 0.05) is 29.3 Å². The SMILES string of the molecule is C=CCOc1ccc(C2c3c(-c4cc(Cl)c(C)cc4O)n[nH]c3C(=O)N2CCCOC(C)C)cc1OC. The van der Waals surface area contributed by atoms with Crippen molar-refractivity contribution in [2.75, 3.05) is 26.9 Å². The molecule has 0 fully saturated rings. The van der Waals surface area contributed by atoms with E-state index in [4.69, 9.17) is 25.8 Å². The van der Waals surface area contributed by atoms with E-state index in [1.54, 1.807) is 30.2 Å². The Morgan fingerprint density at radius 3 is 2.76 bits per heavy atom. The van der Waals surface area contributed by atoms with Crippen LogP contribution < -0.4 is 9.47 Å². The van der Waals surface area contributed by atoms with Crippen molar-refractivity contribution < 1.29 is 24.1 Å². The number of fused-ring (bicyclic) bond motifs is 1. The van der Waals surface area contributed by atoms with Crippen molar-refractivity contribution in [3.8, 4) is 28.5 Å². The molecule has 1 amide bonds. The second-order valence-electron chi connectivity index (χ2n) is 9.16. The lowest BCUT2D eigenvalue weighted by molar-refractivity contribution is 0.0601. The molecule has 0 aliphatic carbocycles. The van der Waals surface area contributed by atoms with Gasteiger partial charge in [0.15, 0.2) is 11.5 Å². The summed E-state index contributed by atoms with van der Waals surface area (Å²) in [6.07, 6.45) is 2.43. The first-order chi connectivity index (χ1) is 17.8. The van der Waals surface area contributed by atoms with Crippen molar-refractivity contribution in [3.63, 3.8) is 0 Å². The third kappa shape index (κ3) is 5.31. The molecule has 0 saturated heterocycles. The highest BCUT2D eigenvalue weighted by Gasteiger charge is 2.42. The number of H-pyrrole nitrogens is 1. The number of hydrogen-bond donors (Lipinski definition) is 2. The predicted molar refractivity (Wildman–Crippen MR) is 143 cm³/mol. The number of carbonyl (C=O) groups excluding carboxylic acids is 1. The molecule has 1 aromatic heterocycles. The van der Waals surface area contributed by atoms with Gasteiger partial charge < -0.3 is 24.2 Å². The Morgan fingerprint density at radius 2 is 2.05 bits per heavy atom. The summed E-state index contributed by atoms with van der Waals surface area (Å²) in [5.74, 6) is 0.974. The Morgan fingerprint density at radius 1 is 1.27 bits per heavy atom. The third-order valence-corrected chi connectivity index (χ3v) is 6.66. The molecule has 37 heavy (non-hydrogen) atoms. The number of rotatable bonds is 11. The Hall–Kier alpha value is -3.49. The number of nitrogens with one attached hydrogen (secondary N) is 1. The van der Waals surface area contributed by atoms with Gasteiger partial charge in [-0.15, -0.1) is 0 Å². The van der Waals surface area contributed by atoms with Gasteiger partial charge in [-0.2, -0.15) is 5.10 Å². The Labute approximate surface area is 221 Å². The number of aromatic nitrogens is 2. The molecule has 0 bridgehead atoms. The number of benzene rings is 2. The highest BCUT2D eigenvalue weighted by Crippen LogP contribution is 2.46. The monoisotopic (exact) mass is 525 g/mol. The minimum absolute atomic E-state index is 0.0388. The molecule has 0 saturated carbocycles. The van der Waals surface area contributed by atoms with Crippen LogP contribution in [-0.4, -0.2) is 59.1 Å². The third-order valence-electron chi connectivity index (χ3n) is 6.25. The second-order valence-corrected chi connectivity index (χ2v) is 9.57. The lowest BCUT2D eigenvalue weighted by atomic mass is 9.95. The number of aryl methyl sites for hydroxylation is 1. The highest BCUT2D eigenvalue weighted by molar-refractivity contribution is 6.31. The van der Waals surface area contributed by atoms with E-state index in [2.05, 4.69) is 16.8 Å². The molecule has 2 heterocycles. The number of halogens is 1. The first-order valence-corrected chi connectivity index (χ1v) is 12.6. The number of ether oxygens (including phenoxy) is 3. The smallest absolute Gasteiger partial charge is 0.273 e. The standard InChI is InChI=1S/C28H32ClN3O5/c1-6-11-37-22-9-8-18(14-23(22)35-5)27-24-25(19-15-20(29)17(4)13-21(19)33)30-31-26(24)28(34)32(27)10-7-12-36-16(2)3/h6,8-9,13-16,27,33H,1,7,10-12H2,2-5H3,(H,30,31). The molecule has 2 N–H and O–H groups in total. The fourth-order valence-corrected chi connectivity index (χ4v) is 4.67. The van der Waals surface area contributed by atoms with Crippen molar-refractivity contribution in [3.05, 3.63) is 70.4 Å². The van der Waals surface area contributed by atoms with Crippen LogP contribution in [0.25, 0.3) is 11.3 Å². The Kier molecular flexibility index (Phi) is 8.10. The van der Waals surface area contributed by atoms with E-state index in [1.807, 2.05) is 39.0 Å². The normalized spacial score (nSPS) is 14.8. The molecule has 2 aromatic carbocycles. The molecule has 8 nitrogen and oxygen atoms in total. The van der Waals surface area contributed by atoms with Gasteiger partial charge in [-0.3, -0.25) is 9.89 Å². The number of nitrogens with zero attached hydrogens (tertiary/aromatic N) is 2. The summed E-state index contributed by atoms with van der Waals surface area (Å²) in [6.45, 7) is 10.8. The predicted octanol–water partition coefficient (Wildman–Crippen LogP) is 5.68. The fraction of sp³-hybridized carbons (Fsp3) is 0.357. The van der Waals surface area contributed by atoms with Crippen LogP contribution in [0, 0.1) is 6.92 Å². The lowest BCUT2D eigenvalue weighted by Crippen LogP contribution is -2.31. The summed E-state index contributed by atoms with van der Waals surface area (Å²) in [6, 6.07) is 8.39. The molecule has 0 radical (unpaired) electrons. The van der Waals surface area contributed by atoms with Gasteiger partial charge >= 0.3 is 0 Å². The van der Waals surface area contributed by atoms with Crippen LogP contribution in [0.3, 0.4) is 0 Å². The van der Waals surface area contributed by atoms with Gasteiger partial charge in [-0.05, 0) is 62.6 Å². The maximum atomic E-state index is 13.6. The van der Waals surface area contributed by atoms with Crippen LogP contribution in [0.1, 0.15) is 53.5 Å². The number of aromatic amines is 1. The average molecular weight is 526 g/mol. The van der Waals surface area contributed by atoms with Crippen LogP contribution in [0.5, 0.6) is 17.2 Å². The molecule has 1 atom stereocenters. The maximum absolute atomic E-state index is 13.6. The van der Waals surface area contributed by atoms with Crippen LogP contribution in [0.15, 0.2) is 43.0 Å². The van der Waals surface area contributed by atoms with Crippen molar-refractivity contribution in [1.82, 2.24) is 15.1 Å². The first kappa shape index (κ1) is 26.6. The van der Waals surface area contributed by atoms with Crippen LogP contribution in [-0.2, 0) is 4.74 Å². The molecule has 196 valence electrons. The molecule has 4 rings (SSSR count). The summed E-state index contributed by atoms with van der Waals surface area (Å²) in [7, 11) is 1.57. The van der Waals surface area contributed by atoms with Crippen molar-refractivity contribution in [2.45, 2.75) is 39.3 Å². The molecular formula is C28H32ClN3O5. The number of hydrogen-bond acceptors (Lipinski definition) is 6. The Balaban J connectivity index is 1.80. The van der Waals surface area contributed by atoms with Gasteiger partial charge in [0.1, 0.15) is 23.7 Å². The van der Waals surface area contributed by atoms with E-state index >= 15 is 0 Å². The van der Waals surface area contributed by atoms with Gasteiger partial charge in [-0.1, -0.05) is 30.3 Å². The van der Waals surface area contributed by atoms with E-state index in [-0.39, 0.29) is 17.8 Å².